The number of rotatable bonds is 6. The largest absolute Gasteiger partial charge is 0.378 e. The summed E-state index contributed by atoms with van der Waals surface area (Å²) in [6.07, 6.45) is 5.93. The number of thiocarbonyl (C=S) groups is 1. The van der Waals surface area contributed by atoms with Gasteiger partial charge >= 0.3 is 0 Å². The van der Waals surface area contributed by atoms with Crippen molar-refractivity contribution < 1.29 is 4.74 Å². The van der Waals surface area contributed by atoms with Crippen molar-refractivity contribution in [2.24, 2.45) is 0 Å². The molecular formula is C30H35ClN6OS. The number of ether oxygens (including phenoxy) is 1. The molecule has 0 radical (unpaired) electrons. The zero-order valence-electron chi connectivity index (χ0n) is 22.2. The number of hydrogen-bond donors (Lipinski definition) is 2. The normalized spacial score (nSPS) is 18.5. The quantitative estimate of drug-likeness (QED) is 0.372. The highest BCUT2D eigenvalue weighted by Gasteiger charge is 2.34. The molecule has 2 fully saturated rings. The van der Waals surface area contributed by atoms with Crippen LogP contribution in [-0.2, 0) is 23.2 Å². The third-order valence-electron chi connectivity index (χ3n) is 8.26. The van der Waals surface area contributed by atoms with Gasteiger partial charge in [0.25, 0.3) is 0 Å². The van der Waals surface area contributed by atoms with Crippen LogP contribution in [0.2, 0.25) is 5.02 Å². The standard InChI is InChI=1S/C30H35ClN6OS/c31-25-10-6-9-24(17-25)30(11-4-1-5-12-30)21-32-29(39)35-28-33-26(36-13-15-38-16-14-36)18-27(34-28)37-19-22-7-2-3-8-23(22)20-37/h2-3,6-10,17-18H,1,4-5,11-16,19-21H2,(H2,32,33,34,35,39). The van der Waals surface area contributed by atoms with Gasteiger partial charge in [-0.05, 0) is 53.9 Å². The summed E-state index contributed by atoms with van der Waals surface area (Å²) in [4.78, 5) is 14.4. The van der Waals surface area contributed by atoms with E-state index in [1.54, 1.807) is 0 Å². The molecule has 1 aliphatic carbocycles. The summed E-state index contributed by atoms with van der Waals surface area (Å²) in [5, 5.41) is 8.14. The van der Waals surface area contributed by atoms with E-state index in [1.165, 1.54) is 36.0 Å². The van der Waals surface area contributed by atoms with E-state index < -0.39 is 0 Å². The van der Waals surface area contributed by atoms with E-state index in [4.69, 9.17) is 38.5 Å². The lowest BCUT2D eigenvalue weighted by Crippen LogP contribution is -2.43. The minimum atomic E-state index is 0.0118. The van der Waals surface area contributed by atoms with E-state index in [2.05, 4.69) is 62.9 Å². The number of nitrogens with one attached hydrogen (secondary N) is 2. The fourth-order valence-corrected chi connectivity index (χ4v) is 6.45. The molecule has 0 unspecified atom stereocenters. The molecule has 0 bridgehead atoms. The second-order valence-corrected chi connectivity index (χ2v) is 11.6. The van der Waals surface area contributed by atoms with Gasteiger partial charge in [-0.1, -0.05) is 67.3 Å². The van der Waals surface area contributed by atoms with Crippen LogP contribution in [0.25, 0.3) is 0 Å². The van der Waals surface area contributed by atoms with Gasteiger partial charge in [0.05, 0.1) is 13.2 Å². The SMILES string of the molecule is S=C(NCC1(c2cccc(Cl)c2)CCCCC1)Nc1nc(N2CCOCC2)cc(N2Cc3ccccc3C2)n1. The highest BCUT2D eigenvalue weighted by molar-refractivity contribution is 7.80. The Bertz CT molecular complexity index is 1300. The molecular weight excluding hydrogens is 528 g/mol. The van der Waals surface area contributed by atoms with Crippen LogP contribution in [-0.4, -0.2) is 47.9 Å². The average molecular weight is 563 g/mol. The van der Waals surface area contributed by atoms with Gasteiger partial charge in [0.2, 0.25) is 5.95 Å². The first-order valence-electron chi connectivity index (χ1n) is 13.9. The molecule has 204 valence electrons. The van der Waals surface area contributed by atoms with Gasteiger partial charge in [-0.2, -0.15) is 9.97 Å². The Kier molecular flexibility index (Phi) is 7.86. The summed E-state index contributed by atoms with van der Waals surface area (Å²) in [5.41, 5.74) is 3.98. The maximum Gasteiger partial charge on any atom is 0.232 e. The molecule has 9 heteroatoms. The van der Waals surface area contributed by atoms with Gasteiger partial charge in [0.15, 0.2) is 5.11 Å². The van der Waals surface area contributed by atoms with Crippen molar-refractivity contribution in [3.8, 4) is 0 Å². The number of fused-ring (bicyclic) bond motifs is 1. The van der Waals surface area contributed by atoms with Crippen molar-refractivity contribution in [2.75, 3.05) is 48.0 Å². The lowest BCUT2D eigenvalue weighted by molar-refractivity contribution is 0.122. The highest BCUT2D eigenvalue weighted by Crippen LogP contribution is 2.40. The molecule has 3 heterocycles. The molecule has 1 aromatic heterocycles. The third kappa shape index (κ3) is 5.98. The van der Waals surface area contributed by atoms with Crippen LogP contribution >= 0.6 is 23.8 Å². The summed E-state index contributed by atoms with van der Waals surface area (Å²) in [5.74, 6) is 2.31. The number of anilines is 3. The van der Waals surface area contributed by atoms with Gasteiger partial charge < -0.3 is 25.2 Å². The smallest absolute Gasteiger partial charge is 0.232 e. The lowest BCUT2D eigenvalue weighted by atomic mass is 9.69. The molecule has 1 saturated heterocycles. The van der Waals surface area contributed by atoms with E-state index >= 15 is 0 Å². The molecule has 2 aliphatic heterocycles. The number of morpholine rings is 1. The van der Waals surface area contributed by atoms with Crippen molar-refractivity contribution >= 4 is 46.5 Å². The zero-order valence-corrected chi connectivity index (χ0v) is 23.7. The molecule has 2 N–H and O–H groups in total. The Morgan fingerprint density at radius 2 is 1.59 bits per heavy atom. The van der Waals surface area contributed by atoms with Crippen molar-refractivity contribution in [3.63, 3.8) is 0 Å². The Morgan fingerprint density at radius 1 is 0.897 bits per heavy atom. The van der Waals surface area contributed by atoms with Crippen LogP contribution < -0.4 is 20.4 Å². The van der Waals surface area contributed by atoms with E-state index in [0.29, 0.717) is 24.3 Å². The maximum atomic E-state index is 6.38. The van der Waals surface area contributed by atoms with E-state index in [1.807, 2.05) is 12.1 Å². The Hall–Kier alpha value is -2.94. The highest BCUT2D eigenvalue weighted by atomic mass is 35.5. The molecule has 1 saturated carbocycles. The first-order valence-corrected chi connectivity index (χ1v) is 14.7. The molecule has 0 spiro atoms. The van der Waals surface area contributed by atoms with Gasteiger partial charge in [-0.15, -0.1) is 0 Å². The second-order valence-electron chi connectivity index (χ2n) is 10.8. The monoisotopic (exact) mass is 562 g/mol. The average Bonchev–Trinajstić information content (AvgIpc) is 3.42. The van der Waals surface area contributed by atoms with E-state index in [9.17, 15) is 0 Å². The minimum absolute atomic E-state index is 0.0118. The topological polar surface area (TPSA) is 65.6 Å². The Labute approximate surface area is 240 Å². The van der Waals surface area contributed by atoms with Gasteiger partial charge in [-0.3, -0.25) is 0 Å². The van der Waals surface area contributed by atoms with Crippen molar-refractivity contribution in [3.05, 3.63) is 76.3 Å². The van der Waals surface area contributed by atoms with Crippen LogP contribution in [0.3, 0.4) is 0 Å². The van der Waals surface area contributed by atoms with Gasteiger partial charge in [0.1, 0.15) is 11.6 Å². The lowest BCUT2D eigenvalue weighted by Gasteiger charge is -2.38. The summed E-state index contributed by atoms with van der Waals surface area (Å²) in [7, 11) is 0. The molecule has 7 nitrogen and oxygen atoms in total. The van der Waals surface area contributed by atoms with Crippen LogP contribution in [0.4, 0.5) is 17.6 Å². The predicted molar refractivity (Wildman–Crippen MR) is 162 cm³/mol. The minimum Gasteiger partial charge on any atom is -0.378 e. The van der Waals surface area contributed by atoms with Crippen LogP contribution in [0, 0.1) is 0 Å². The molecule has 3 aromatic rings. The summed E-state index contributed by atoms with van der Waals surface area (Å²) in [6.45, 7) is 5.42. The summed E-state index contributed by atoms with van der Waals surface area (Å²) in [6, 6.07) is 19.0. The molecule has 0 atom stereocenters. The van der Waals surface area contributed by atoms with Crippen molar-refractivity contribution in [2.45, 2.75) is 50.6 Å². The first-order chi connectivity index (χ1) is 19.1. The van der Waals surface area contributed by atoms with Crippen molar-refractivity contribution in [1.82, 2.24) is 15.3 Å². The van der Waals surface area contributed by atoms with Gasteiger partial charge in [-0.25, -0.2) is 0 Å². The second kappa shape index (κ2) is 11.7. The summed E-state index contributed by atoms with van der Waals surface area (Å²) >= 11 is 12.2. The van der Waals surface area contributed by atoms with E-state index in [0.717, 1.165) is 62.2 Å². The van der Waals surface area contributed by atoms with Crippen LogP contribution in [0.5, 0.6) is 0 Å². The fraction of sp³-hybridized carbons (Fsp3) is 0.433. The first kappa shape index (κ1) is 26.3. The fourth-order valence-electron chi connectivity index (χ4n) is 6.10. The number of hydrogen-bond acceptors (Lipinski definition) is 6. The number of nitrogens with zero attached hydrogens (tertiary/aromatic N) is 4. The molecule has 6 rings (SSSR count). The van der Waals surface area contributed by atoms with Gasteiger partial charge in [0, 0.05) is 49.2 Å². The predicted octanol–water partition coefficient (Wildman–Crippen LogP) is 5.68. The molecule has 3 aliphatic rings. The molecule has 39 heavy (non-hydrogen) atoms. The third-order valence-corrected chi connectivity index (χ3v) is 8.74. The molecule has 2 aromatic carbocycles. The number of aromatic nitrogens is 2. The van der Waals surface area contributed by atoms with Crippen molar-refractivity contribution in [1.29, 1.82) is 0 Å². The summed E-state index contributed by atoms with van der Waals surface area (Å²) < 4.78 is 5.58. The number of halogens is 1. The Balaban J connectivity index is 1.21. The van der Waals surface area contributed by atoms with Crippen LogP contribution in [0.1, 0.15) is 48.8 Å². The van der Waals surface area contributed by atoms with E-state index in [-0.39, 0.29) is 5.41 Å². The maximum absolute atomic E-state index is 6.38. The zero-order chi connectivity index (χ0) is 26.7. The Morgan fingerprint density at radius 3 is 2.28 bits per heavy atom. The molecule has 0 amide bonds. The van der Waals surface area contributed by atoms with Crippen LogP contribution in [0.15, 0.2) is 54.6 Å². The number of benzene rings is 2.